The third-order valence-corrected chi connectivity index (χ3v) is 4.62. The van der Waals surface area contributed by atoms with E-state index in [1.807, 2.05) is 64.1 Å². The summed E-state index contributed by atoms with van der Waals surface area (Å²) in [4.78, 5) is 12.1. The second kappa shape index (κ2) is 8.20. The van der Waals surface area contributed by atoms with Gasteiger partial charge in [-0.05, 0) is 68.1 Å². The van der Waals surface area contributed by atoms with E-state index >= 15 is 0 Å². The lowest BCUT2D eigenvalue weighted by atomic mass is 10.1. The van der Waals surface area contributed by atoms with Gasteiger partial charge in [0.15, 0.2) is 0 Å². The number of hydrogen-bond donors (Lipinski definition) is 1. The molecule has 2 rings (SSSR count). The van der Waals surface area contributed by atoms with E-state index in [1.54, 1.807) is 0 Å². The molecule has 1 atom stereocenters. The minimum Gasteiger partial charge on any atom is -0.489 e. The van der Waals surface area contributed by atoms with E-state index in [2.05, 4.69) is 5.32 Å². The Kier molecular flexibility index (Phi) is 6.27. The quantitative estimate of drug-likeness (QED) is 0.794. The fraction of sp³-hybridized carbons (Fsp3) is 0.350. The first-order valence-electron chi connectivity index (χ1n) is 8.20. The van der Waals surface area contributed by atoms with Crippen LogP contribution in [0.4, 0.5) is 0 Å². The zero-order valence-electron chi connectivity index (χ0n) is 14.7. The molecular formula is C20H24ClNO2. The second-order valence-corrected chi connectivity index (χ2v) is 6.52. The summed E-state index contributed by atoms with van der Waals surface area (Å²) in [6, 6.07) is 11.5. The Morgan fingerprint density at radius 3 is 2.29 bits per heavy atom. The van der Waals surface area contributed by atoms with E-state index in [4.69, 9.17) is 16.3 Å². The smallest absolute Gasteiger partial charge is 0.251 e. The Morgan fingerprint density at radius 1 is 1.17 bits per heavy atom. The summed E-state index contributed by atoms with van der Waals surface area (Å²) in [6.07, 6.45) is 0.914. The van der Waals surface area contributed by atoms with Crippen LogP contribution >= 0.6 is 11.6 Å². The Bertz CT molecular complexity index is 687. The predicted octanol–water partition coefficient (Wildman–Crippen LogP) is 5.06. The molecule has 0 saturated carbocycles. The largest absolute Gasteiger partial charge is 0.489 e. The minimum absolute atomic E-state index is 0.0410. The lowest BCUT2D eigenvalue weighted by Gasteiger charge is -2.12. The lowest BCUT2D eigenvalue weighted by Crippen LogP contribution is -2.31. The zero-order chi connectivity index (χ0) is 17.7. The lowest BCUT2D eigenvalue weighted by molar-refractivity contribution is 0.0939. The van der Waals surface area contributed by atoms with Gasteiger partial charge in [0, 0.05) is 16.6 Å². The number of ether oxygens (including phenoxy) is 1. The predicted molar refractivity (Wildman–Crippen MR) is 98.9 cm³/mol. The Morgan fingerprint density at radius 2 is 1.75 bits per heavy atom. The van der Waals surface area contributed by atoms with E-state index in [-0.39, 0.29) is 11.9 Å². The maximum Gasteiger partial charge on any atom is 0.251 e. The normalized spacial score (nSPS) is 11.9. The summed E-state index contributed by atoms with van der Waals surface area (Å²) in [5, 5.41) is 3.74. The molecule has 24 heavy (non-hydrogen) atoms. The molecule has 4 heteroatoms. The Balaban J connectivity index is 1.98. The maximum absolute atomic E-state index is 12.1. The van der Waals surface area contributed by atoms with Crippen molar-refractivity contribution >= 4 is 17.5 Å². The average Bonchev–Trinajstić information content (AvgIpc) is 2.57. The van der Waals surface area contributed by atoms with Crippen LogP contribution in [-0.4, -0.2) is 11.9 Å². The average molecular weight is 346 g/mol. The fourth-order valence-electron chi connectivity index (χ4n) is 2.32. The molecule has 0 heterocycles. The second-order valence-electron chi connectivity index (χ2n) is 6.14. The number of amides is 1. The van der Waals surface area contributed by atoms with Crippen molar-refractivity contribution < 1.29 is 9.53 Å². The monoisotopic (exact) mass is 345 g/mol. The van der Waals surface area contributed by atoms with Crippen LogP contribution in [0.3, 0.4) is 0 Å². The summed E-state index contributed by atoms with van der Waals surface area (Å²) in [5.74, 6) is 0.758. The molecule has 2 aromatic rings. The number of benzene rings is 2. The van der Waals surface area contributed by atoms with Gasteiger partial charge in [0.1, 0.15) is 12.4 Å². The van der Waals surface area contributed by atoms with Crippen LogP contribution in [0.15, 0.2) is 36.4 Å². The molecule has 0 saturated heterocycles. The molecular weight excluding hydrogens is 322 g/mol. The first-order valence-corrected chi connectivity index (χ1v) is 8.57. The number of nitrogens with one attached hydrogen (secondary N) is 1. The Hall–Kier alpha value is -2.00. The van der Waals surface area contributed by atoms with Gasteiger partial charge < -0.3 is 10.1 Å². The van der Waals surface area contributed by atoms with Crippen molar-refractivity contribution in [1.82, 2.24) is 5.32 Å². The molecule has 1 N–H and O–H groups in total. The number of hydrogen-bond acceptors (Lipinski definition) is 2. The molecule has 0 fully saturated rings. The van der Waals surface area contributed by atoms with Crippen molar-refractivity contribution in [3.8, 4) is 5.75 Å². The van der Waals surface area contributed by atoms with Crippen LogP contribution in [0.25, 0.3) is 0 Å². The van der Waals surface area contributed by atoms with E-state index in [9.17, 15) is 4.79 Å². The number of carbonyl (C=O) groups is 1. The Labute approximate surface area is 149 Å². The van der Waals surface area contributed by atoms with Crippen LogP contribution in [0.2, 0.25) is 5.02 Å². The number of aryl methyl sites for hydroxylation is 2. The van der Waals surface area contributed by atoms with Crippen molar-refractivity contribution in [3.63, 3.8) is 0 Å². The molecule has 128 valence electrons. The molecule has 1 unspecified atom stereocenters. The summed E-state index contributed by atoms with van der Waals surface area (Å²) < 4.78 is 5.83. The SMILES string of the molecule is CCC(C)NC(=O)c1ccc(COc2cc(C)c(Cl)c(C)c2)cc1. The van der Waals surface area contributed by atoms with Gasteiger partial charge >= 0.3 is 0 Å². The first-order chi connectivity index (χ1) is 11.4. The minimum atomic E-state index is -0.0410. The van der Waals surface area contributed by atoms with Gasteiger partial charge in [-0.3, -0.25) is 4.79 Å². The number of carbonyl (C=O) groups excluding carboxylic acids is 1. The molecule has 0 bridgehead atoms. The van der Waals surface area contributed by atoms with Crippen LogP contribution in [-0.2, 0) is 6.61 Å². The highest BCUT2D eigenvalue weighted by Gasteiger charge is 2.08. The van der Waals surface area contributed by atoms with Gasteiger partial charge in [0.2, 0.25) is 0 Å². The molecule has 2 aromatic carbocycles. The van der Waals surface area contributed by atoms with Gasteiger partial charge in [-0.2, -0.15) is 0 Å². The molecule has 0 aliphatic carbocycles. The van der Waals surface area contributed by atoms with E-state index < -0.39 is 0 Å². The summed E-state index contributed by atoms with van der Waals surface area (Å²) >= 11 is 6.17. The third kappa shape index (κ3) is 4.75. The fourth-order valence-corrected chi connectivity index (χ4v) is 2.43. The number of halogens is 1. The topological polar surface area (TPSA) is 38.3 Å². The van der Waals surface area contributed by atoms with Crippen LogP contribution in [0, 0.1) is 13.8 Å². The van der Waals surface area contributed by atoms with E-state index in [1.165, 1.54) is 0 Å². The highest BCUT2D eigenvalue weighted by atomic mass is 35.5. The van der Waals surface area contributed by atoms with Crippen molar-refractivity contribution in [2.75, 3.05) is 0 Å². The molecule has 0 radical (unpaired) electrons. The first kappa shape index (κ1) is 18.3. The van der Waals surface area contributed by atoms with Gasteiger partial charge in [0.25, 0.3) is 5.91 Å². The van der Waals surface area contributed by atoms with Crippen molar-refractivity contribution in [2.45, 2.75) is 46.8 Å². The third-order valence-electron chi connectivity index (χ3n) is 4.02. The molecule has 3 nitrogen and oxygen atoms in total. The molecule has 0 aromatic heterocycles. The highest BCUT2D eigenvalue weighted by Crippen LogP contribution is 2.26. The van der Waals surface area contributed by atoms with Gasteiger partial charge in [0.05, 0.1) is 0 Å². The highest BCUT2D eigenvalue weighted by molar-refractivity contribution is 6.32. The van der Waals surface area contributed by atoms with Crippen molar-refractivity contribution in [1.29, 1.82) is 0 Å². The van der Waals surface area contributed by atoms with Crippen LogP contribution < -0.4 is 10.1 Å². The van der Waals surface area contributed by atoms with Crippen molar-refractivity contribution in [2.24, 2.45) is 0 Å². The van der Waals surface area contributed by atoms with Crippen molar-refractivity contribution in [3.05, 3.63) is 63.7 Å². The standard InChI is InChI=1S/C20H24ClNO2/c1-5-15(4)22-20(23)17-8-6-16(7-9-17)12-24-18-10-13(2)19(21)14(3)11-18/h6-11,15H,5,12H2,1-4H3,(H,22,23). The maximum atomic E-state index is 12.1. The van der Waals surface area contributed by atoms with E-state index in [0.29, 0.717) is 12.2 Å². The summed E-state index contributed by atoms with van der Waals surface area (Å²) in [7, 11) is 0. The zero-order valence-corrected chi connectivity index (χ0v) is 15.4. The van der Waals surface area contributed by atoms with Gasteiger partial charge in [-0.25, -0.2) is 0 Å². The van der Waals surface area contributed by atoms with Gasteiger partial charge in [-0.15, -0.1) is 0 Å². The molecule has 1 amide bonds. The summed E-state index contributed by atoms with van der Waals surface area (Å²) in [6.45, 7) is 8.43. The summed E-state index contributed by atoms with van der Waals surface area (Å²) in [5.41, 5.74) is 3.69. The molecule has 0 spiro atoms. The van der Waals surface area contributed by atoms with Gasteiger partial charge in [-0.1, -0.05) is 30.7 Å². The van der Waals surface area contributed by atoms with Crippen LogP contribution in [0.5, 0.6) is 5.75 Å². The van der Waals surface area contributed by atoms with Crippen LogP contribution in [0.1, 0.15) is 47.3 Å². The van der Waals surface area contributed by atoms with E-state index in [0.717, 1.165) is 33.9 Å². The molecule has 0 aliphatic rings. The number of rotatable bonds is 6. The molecule has 0 aliphatic heterocycles.